The number of rotatable bonds is 7. The second kappa shape index (κ2) is 9.68. The highest BCUT2D eigenvalue weighted by molar-refractivity contribution is 5.78. The van der Waals surface area contributed by atoms with Crippen molar-refractivity contribution in [2.75, 3.05) is 31.7 Å². The number of aromatic nitrogens is 2. The second-order valence-corrected chi connectivity index (χ2v) is 7.41. The van der Waals surface area contributed by atoms with Crippen LogP contribution in [0.2, 0.25) is 0 Å². The van der Waals surface area contributed by atoms with Crippen molar-refractivity contribution in [2.45, 2.75) is 18.6 Å². The average Bonchev–Trinajstić information content (AvgIpc) is 2.83. The van der Waals surface area contributed by atoms with E-state index in [1.165, 1.54) is 0 Å². The number of anilines is 1. The molecule has 1 aromatic heterocycles. The van der Waals surface area contributed by atoms with E-state index in [0.717, 1.165) is 28.3 Å². The molecule has 2 aromatic carbocycles. The van der Waals surface area contributed by atoms with E-state index in [4.69, 9.17) is 24.5 Å². The van der Waals surface area contributed by atoms with Gasteiger partial charge in [0, 0.05) is 31.3 Å². The summed E-state index contributed by atoms with van der Waals surface area (Å²) < 4.78 is 11.1. The number of piperidine rings is 1. The Bertz CT molecular complexity index is 1010. The highest BCUT2D eigenvalue weighted by Crippen LogP contribution is 2.31. The standard InChI is InChI=1S/C24H25N3O4/c1-30-20-15-27(13-12-19(20)31-16-22(28)29)21-14-25-23(17-8-4-2-5-9-17)24(26-21)18-10-6-3-7-11-18/h2-11,14,19-20H,12-13,15-16H2,1H3,(H,28,29). The lowest BCUT2D eigenvalue weighted by Crippen LogP contribution is -2.49. The monoisotopic (exact) mass is 419 g/mol. The van der Waals surface area contributed by atoms with Crippen LogP contribution in [0.25, 0.3) is 22.5 Å². The molecule has 7 heteroatoms. The van der Waals surface area contributed by atoms with Gasteiger partial charge < -0.3 is 19.5 Å². The average molecular weight is 419 g/mol. The van der Waals surface area contributed by atoms with Crippen molar-refractivity contribution in [2.24, 2.45) is 0 Å². The Kier molecular flexibility index (Phi) is 6.54. The number of ether oxygens (including phenoxy) is 2. The fraction of sp³-hybridized carbons (Fsp3) is 0.292. The minimum Gasteiger partial charge on any atom is -0.480 e. The normalized spacial score (nSPS) is 18.7. The Morgan fingerprint density at radius 2 is 1.68 bits per heavy atom. The molecule has 160 valence electrons. The number of nitrogens with zero attached hydrogens (tertiary/aromatic N) is 3. The van der Waals surface area contributed by atoms with Gasteiger partial charge in [0.1, 0.15) is 18.5 Å². The van der Waals surface area contributed by atoms with Crippen molar-refractivity contribution >= 4 is 11.8 Å². The summed E-state index contributed by atoms with van der Waals surface area (Å²) in [6.07, 6.45) is 1.93. The quantitative estimate of drug-likeness (QED) is 0.627. The maximum absolute atomic E-state index is 10.8. The number of aliphatic carboxylic acids is 1. The van der Waals surface area contributed by atoms with E-state index in [1.54, 1.807) is 13.3 Å². The summed E-state index contributed by atoms with van der Waals surface area (Å²) in [7, 11) is 1.62. The molecule has 0 spiro atoms. The molecule has 31 heavy (non-hydrogen) atoms. The minimum atomic E-state index is -0.979. The van der Waals surface area contributed by atoms with Crippen molar-refractivity contribution in [3.05, 3.63) is 66.9 Å². The van der Waals surface area contributed by atoms with E-state index in [9.17, 15) is 4.79 Å². The van der Waals surface area contributed by atoms with Gasteiger partial charge in [0.25, 0.3) is 0 Å². The predicted octanol–water partition coefficient (Wildman–Crippen LogP) is 3.51. The van der Waals surface area contributed by atoms with Crippen LogP contribution in [0, 0.1) is 0 Å². The van der Waals surface area contributed by atoms with E-state index in [1.807, 2.05) is 60.7 Å². The van der Waals surface area contributed by atoms with Crippen molar-refractivity contribution in [3.63, 3.8) is 0 Å². The lowest BCUT2D eigenvalue weighted by atomic mass is 10.0. The van der Waals surface area contributed by atoms with Crippen molar-refractivity contribution in [1.82, 2.24) is 9.97 Å². The van der Waals surface area contributed by atoms with Crippen LogP contribution in [-0.4, -0.2) is 60.1 Å². The zero-order chi connectivity index (χ0) is 21.6. The fourth-order valence-corrected chi connectivity index (χ4v) is 3.84. The van der Waals surface area contributed by atoms with Gasteiger partial charge in [0.2, 0.25) is 0 Å². The van der Waals surface area contributed by atoms with Crippen LogP contribution in [0.5, 0.6) is 0 Å². The van der Waals surface area contributed by atoms with Crippen LogP contribution in [0.1, 0.15) is 6.42 Å². The third kappa shape index (κ3) is 4.90. The molecule has 1 aliphatic heterocycles. The Morgan fingerprint density at radius 1 is 1.03 bits per heavy atom. The largest absolute Gasteiger partial charge is 0.480 e. The van der Waals surface area contributed by atoms with Crippen LogP contribution >= 0.6 is 0 Å². The molecule has 4 rings (SSSR count). The van der Waals surface area contributed by atoms with Gasteiger partial charge >= 0.3 is 5.97 Å². The Balaban J connectivity index is 1.63. The summed E-state index contributed by atoms with van der Waals surface area (Å²) >= 11 is 0. The summed E-state index contributed by atoms with van der Waals surface area (Å²) in [5.41, 5.74) is 3.66. The van der Waals surface area contributed by atoms with Crippen LogP contribution in [-0.2, 0) is 14.3 Å². The van der Waals surface area contributed by atoms with Crippen LogP contribution in [0.4, 0.5) is 5.82 Å². The predicted molar refractivity (Wildman–Crippen MR) is 118 cm³/mol. The first kappa shape index (κ1) is 21.0. The zero-order valence-electron chi connectivity index (χ0n) is 17.3. The first-order valence-electron chi connectivity index (χ1n) is 10.2. The number of carbonyl (C=O) groups is 1. The number of hydrogen-bond donors (Lipinski definition) is 1. The van der Waals surface area contributed by atoms with Gasteiger partial charge in [0.05, 0.1) is 23.7 Å². The molecule has 2 atom stereocenters. The number of carboxylic acids is 1. The maximum atomic E-state index is 10.8. The van der Waals surface area contributed by atoms with Gasteiger partial charge in [-0.05, 0) is 6.42 Å². The molecule has 2 unspecified atom stereocenters. The van der Waals surface area contributed by atoms with E-state index >= 15 is 0 Å². The molecule has 0 amide bonds. The smallest absolute Gasteiger partial charge is 0.329 e. The first-order valence-corrected chi connectivity index (χ1v) is 10.2. The van der Waals surface area contributed by atoms with Gasteiger partial charge in [-0.25, -0.2) is 9.78 Å². The number of methoxy groups -OCH3 is 1. The molecule has 1 saturated heterocycles. The second-order valence-electron chi connectivity index (χ2n) is 7.41. The Morgan fingerprint density at radius 3 is 2.29 bits per heavy atom. The molecule has 3 aromatic rings. The van der Waals surface area contributed by atoms with Gasteiger partial charge in [-0.2, -0.15) is 0 Å². The van der Waals surface area contributed by atoms with Crippen molar-refractivity contribution in [3.8, 4) is 22.5 Å². The van der Waals surface area contributed by atoms with E-state index in [0.29, 0.717) is 19.5 Å². The molecule has 0 saturated carbocycles. The molecule has 1 N–H and O–H groups in total. The number of hydrogen-bond acceptors (Lipinski definition) is 6. The van der Waals surface area contributed by atoms with Gasteiger partial charge in [-0.1, -0.05) is 60.7 Å². The number of benzene rings is 2. The van der Waals surface area contributed by atoms with Crippen molar-refractivity contribution in [1.29, 1.82) is 0 Å². The zero-order valence-corrected chi connectivity index (χ0v) is 17.3. The van der Waals surface area contributed by atoms with Gasteiger partial charge in [0.15, 0.2) is 0 Å². The molecule has 0 radical (unpaired) electrons. The van der Waals surface area contributed by atoms with Gasteiger partial charge in [-0.3, -0.25) is 4.98 Å². The summed E-state index contributed by atoms with van der Waals surface area (Å²) in [4.78, 5) is 22.7. The van der Waals surface area contributed by atoms with Gasteiger partial charge in [-0.15, -0.1) is 0 Å². The fourth-order valence-electron chi connectivity index (χ4n) is 3.84. The molecular formula is C24H25N3O4. The van der Waals surface area contributed by atoms with E-state index in [-0.39, 0.29) is 18.8 Å². The molecule has 1 aliphatic rings. The summed E-state index contributed by atoms with van der Waals surface area (Å²) in [5.74, 6) is -0.218. The SMILES string of the molecule is COC1CN(c2cnc(-c3ccccc3)c(-c3ccccc3)n2)CCC1OCC(=O)O. The third-order valence-corrected chi connectivity index (χ3v) is 5.40. The maximum Gasteiger partial charge on any atom is 0.329 e. The molecular weight excluding hydrogens is 394 g/mol. The molecule has 1 fully saturated rings. The topological polar surface area (TPSA) is 84.8 Å². The molecule has 0 bridgehead atoms. The number of carboxylic acid groups (broad SMARTS) is 1. The van der Waals surface area contributed by atoms with E-state index in [2.05, 4.69) is 4.90 Å². The Labute approximate surface area is 181 Å². The molecule has 2 heterocycles. The lowest BCUT2D eigenvalue weighted by molar-refractivity contribution is -0.148. The summed E-state index contributed by atoms with van der Waals surface area (Å²) in [6.45, 7) is 0.903. The van der Waals surface area contributed by atoms with E-state index < -0.39 is 5.97 Å². The summed E-state index contributed by atoms with van der Waals surface area (Å²) in [6, 6.07) is 20.0. The molecule has 0 aliphatic carbocycles. The summed E-state index contributed by atoms with van der Waals surface area (Å²) in [5, 5.41) is 8.90. The highest BCUT2D eigenvalue weighted by atomic mass is 16.5. The van der Waals surface area contributed by atoms with Crippen LogP contribution in [0.15, 0.2) is 66.9 Å². The molecule has 7 nitrogen and oxygen atoms in total. The first-order chi connectivity index (χ1) is 15.2. The lowest BCUT2D eigenvalue weighted by Gasteiger charge is -2.38. The Hall–Kier alpha value is -3.29. The van der Waals surface area contributed by atoms with Crippen molar-refractivity contribution < 1.29 is 19.4 Å². The third-order valence-electron chi connectivity index (χ3n) is 5.40. The highest BCUT2D eigenvalue weighted by Gasteiger charge is 2.31. The van der Waals surface area contributed by atoms with Crippen LogP contribution < -0.4 is 4.90 Å². The minimum absolute atomic E-state index is 0.246. The van der Waals surface area contributed by atoms with Crippen LogP contribution in [0.3, 0.4) is 0 Å².